The molecule has 6 heteroatoms. The number of halogens is 2. The van der Waals surface area contributed by atoms with Crippen LogP contribution in [0.25, 0.3) is 0 Å². The molecular weight excluding hydrogens is 290 g/mol. The van der Waals surface area contributed by atoms with Gasteiger partial charge >= 0.3 is 0 Å². The fourth-order valence-corrected chi connectivity index (χ4v) is 3.28. The minimum absolute atomic E-state index is 0.0509. The van der Waals surface area contributed by atoms with Gasteiger partial charge in [0, 0.05) is 0 Å². The first-order valence-corrected chi connectivity index (χ1v) is 4.88. The lowest BCUT2D eigenvalue weighted by atomic mass is 10.7. The van der Waals surface area contributed by atoms with Gasteiger partial charge in [-0.2, -0.15) is 0 Å². The molecule has 1 amide bonds. The largest absolute Gasteiger partial charge is 0.271 e. The number of thiocarbonyl (C=S) groups is 1. The fraction of sp³-hybridized carbons (Fsp3) is 0.333. The summed E-state index contributed by atoms with van der Waals surface area (Å²) in [5.41, 5.74) is 0. The zero-order valence-electron chi connectivity index (χ0n) is 4.01. The Hall–Kier alpha value is 0.870. The van der Waals surface area contributed by atoms with E-state index in [1.54, 1.807) is 0 Å². The Balaban J connectivity index is 2.77. The number of thioether (sulfide) groups is 1. The van der Waals surface area contributed by atoms with Crippen LogP contribution in [0.15, 0.2) is 0 Å². The highest BCUT2D eigenvalue weighted by molar-refractivity contribution is 9.12. The van der Waals surface area contributed by atoms with E-state index in [-0.39, 0.29) is 10.1 Å². The molecule has 0 aromatic heterocycles. The second-order valence-corrected chi connectivity index (χ2v) is 5.29. The summed E-state index contributed by atoms with van der Waals surface area (Å²) in [4.78, 5) is 10.8. The number of carbonyl (C=O) groups is 1. The molecule has 1 atom stereocenters. The van der Waals surface area contributed by atoms with Gasteiger partial charge in [0.25, 0.3) is 5.91 Å². The Kier molecular flexibility index (Phi) is 2.53. The van der Waals surface area contributed by atoms with Gasteiger partial charge in [0.05, 0.1) is 16.1 Å². The molecule has 1 aliphatic rings. The second kappa shape index (κ2) is 2.86. The number of amides is 1. The highest BCUT2D eigenvalue weighted by Crippen LogP contribution is 2.32. The summed E-state index contributed by atoms with van der Waals surface area (Å²) in [6.07, 6.45) is 0. The summed E-state index contributed by atoms with van der Waals surface area (Å²) in [7, 11) is 0. The van der Waals surface area contributed by atoms with Crippen LogP contribution in [0.2, 0.25) is 0 Å². The Morgan fingerprint density at radius 1 is 1.78 bits per heavy atom. The zero-order chi connectivity index (χ0) is 7.02. The van der Waals surface area contributed by atoms with E-state index in [0.717, 1.165) is 0 Å². The molecule has 0 aromatic carbocycles. The van der Waals surface area contributed by atoms with Crippen molar-refractivity contribution in [3.63, 3.8) is 0 Å². The molecule has 1 rings (SSSR count). The van der Waals surface area contributed by atoms with Crippen molar-refractivity contribution < 1.29 is 4.79 Å². The van der Waals surface area contributed by atoms with E-state index in [4.69, 9.17) is 12.2 Å². The Bertz CT molecular complexity index is 173. The average molecular weight is 291 g/mol. The molecule has 9 heavy (non-hydrogen) atoms. The molecule has 0 bridgehead atoms. The lowest BCUT2D eigenvalue weighted by Gasteiger charge is -1.99. The molecule has 1 fully saturated rings. The fourth-order valence-electron chi connectivity index (χ4n) is 0.364. The SMILES string of the molecule is O=C1C(Br)SC(=S)N1Br. The van der Waals surface area contributed by atoms with Gasteiger partial charge in [0.15, 0.2) is 4.32 Å². The Morgan fingerprint density at radius 3 is 2.44 bits per heavy atom. The molecule has 1 heterocycles. The van der Waals surface area contributed by atoms with E-state index in [1.807, 2.05) is 0 Å². The van der Waals surface area contributed by atoms with Crippen molar-refractivity contribution in [1.29, 1.82) is 0 Å². The molecular formula is C3HBr2NOS2. The zero-order valence-corrected chi connectivity index (χ0v) is 8.81. The van der Waals surface area contributed by atoms with Crippen LogP contribution in [0.4, 0.5) is 0 Å². The van der Waals surface area contributed by atoms with Crippen molar-refractivity contribution >= 4 is 66.3 Å². The van der Waals surface area contributed by atoms with Crippen molar-refractivity contribution in [2.75, 3.05) is 0 Å². The van der Waals surface area contributed by atoms with Gasteiger partial charge in [-0.05, 0) is 0 Å². The summed E-state index contributed by atoms with van der Waals surface area (Å²) in [5, 5.41) is 0. The number of rotatable bonds is 0. The maximum absolute atomic E-state index is 10.8. The molecule has 50 valence electrons. The maximum atomic E-state index is 10.8. The topological polar surface area (TPSA) is 20.3 Å². The first-order valence-electron chi connectivity index (χ1n) is 1.97. The summed E-state index contributed by atoms with van der Waals surface area (Å²) in [5.74, 6) is -0.0509. The molecule has 0 spiro atoms. The normalized spacial score (nSPS) is 27.8. The van der Waals surface area contributed by atoms with E-state index >= 15 is 0 Å². The molecule has 0 saturated carbocycles. The summed E-state index contributed by atoms with van der Waals surface area (Å²) in [6, 6.07) is 0. The highest BCUT2D eigenvalue weighted by atomic mass is 79.9. The predicted molar refractivity (Wildman–Crippen MR) is 48.7 cm³/mol. The number of alkyl halides is 1. The predicted octanol–water partition coefficient (Wildman–Crippen LogP) is 1.88. The third-order valence-electron chi connectivity index (χ3n) is 0.752. The van der Waals surface area contributed by atoms with Crippen molar-refractivity contribution in [3.8, 4) is 0 Å². The van der Waals surface area contributed by atoms with Gasteiger partial charge in [-0.15, -0.1) is 0 Å². The van der Waals surface area contributed by atoms with Crippen LogP contribution in [0.5, 0.6) is 0 Å². The number of hydrogen-bond acceptors (Lipinski definition) is 3. The number of nitrogens with zero attached hydrogens (tertiary/aromatic N) is 1. The van der Waals surface area contributed by atoms with E-state index in [0.29, 0.717) is 4.32 Å². The highest BCUT2D eigenvalue weighted by Gasteiger charge is 2.33. The monoisotopic (exact) mass is 289 g/mol. The molecule has 0 N–H and O–H groups in total. The molecule has 0 radical (unpaired) electrons. The molecule has 1 saturated heterocycles. The van der Waals surface area contributed by atoms with Gasteiger partial charge in [-0.3, -0.25) is 4.79 Å². The molecule has 0 aromatic rings. The smallest absolute Gasteiger partial charge is 0.262 e. The van der Waals surface area contributed by atoms with Crippen LogP contribution < -0.4 is 0 Å². The molecule has 1 aliphatic heterocycles. The van der Waals surface area contributed by atoms with Gasteiger partial charge in [0.1, 0.15) is 4.16 Å². The van der Waals surface area contributed by atoms with Crippen LogP contribution in [0, 0.1) is 0 Å². The second-order valence-electron chi connectivity index (χ2n) is 1.32. The molecule has 1 unspecified atom stereocenters. The van der Waals surface area contributed by atoms with Crippen LogP contribution in [-0.4, -0.2) is 18.3 Å². The van der Waals surface area contributed by atoms with Crippen molar-refractivity contribution in [2.45, 2.75) is 4.16 Å². The Morgan fingerprint density at radius 2 is 2.33 bits per heavy atom. The third kappa shape index (κ3) is 1.47. The lowest BCUT2D eigenvalue weighted by molar-refractivity contribution is -0.120. The minimum Gasteiger partial charge on any atom is -0.271 e. The first-order chi connectivity index (χ1) is 4.13. The standard InChI is InChI=1S/C3HBr2NOS2/c4-1-2(7)6(5)3(8)9-1/h1H. The van der Waals surface area contributed by atoms with Crippen molar-refractivity contribution in [3.05, 3.63) is 0 Å². The quantitative estimate of drug-likeness (QED) is 0.386. The van der Waals surface area contributed by atoms with Gasteiger partial charge in [-0.25, -0.2) is 3.93 Å². The third-order valence-corrected chi connectivity index (χ3v) is 4.14. The molecule has 0 aliphatic carbocycles. The number of hydrogen-bond donors (Lipinski definition) is 0. The van der Waals surface area contributed by atoms with Gasteiger partial charge < -0.3 is 0 Å². The van der Waals surface area contributed by atoms with Crippen LogP contribution in [0.1, 0.15) is 0 Å². The Labute approximate surface area is 78.8 Å². The lowest BCUT2D eigenvalue weighted by Crippen LogP contribution is -2.18. The van der Waals surface area contributed by atoms with Gasteiger partial charge in [0.2, 0.25) is 0 Å². The van der Waals surface area contributed by atoms with Crippen LogP contribution >= 0.6 is 56.1 Å². The summed E-state index contributed by atoms with van der Waals surface area (Å²) in [6.45, 7) is 0. The maximum Gasteiger partial charge on any atom is 0.262 e. The van der Waals surface area contributed by atoms with Gasteiger partial charge in [-0.1, -0.05) is 39.9 Å². The minimum atomic E-state index is -0.204. The van der Waals surface area contributed by atoms with E-state index < -0.39 is 0 Å². The summed E-state index contributed by atoms with van der Waals surface area (Å²) < 4.78 is 1.64. The average Bonchev–Trinajstić information content (AvgIpc) is 1.98. The van der Waals surface area contributed by atoms with Crippen molar-refractivity contribution in [2.24, 2.45) is 0 Å². The molecule has 2 nitrogen and oxygen atoms in total. The van der Waals surface area contributed by atoms with Crippen molar-refractivity contribution in [1.82, 2.24) is 3.93 Å². The van der Waals surface area contributed by atoms with E-state index in [2.05, 4.69) is 32.1 Å². The van der Waals surface area contributed by atoms with Crippen LogP contribution in [-0.2, 0) is 4.79 Å². The van der Waals surface area contributed by atoms with Crippen LogP contribution in [0.3, 0.4) is 0 Å². The van der Waals surface area contributed by atoms with E-state index in [1.165, 1.54) is 15.7 Å². The summed E-state index contributed by atoms with van der Waals surface area (Å²) >= 11 is 12.2. The number of carbonyl (C=O) groups excluding carboxylic acids is 1. The van der Waals surface area contributed by atoms with E-state index in [9.17, 15) is 4.79 Å². The first kappa shape index (κ1) is 7.97.